The molecule has 1 heterocycles. The number of rotatable bonds is 9. The fourth-order valence-corrected chi connectivity index (χ4v) is 4.66. The molecule has 1 aliphatic heterocycles. The second kappa shape index (κ2) is 9.44. The molecule has 36 heavy (non-hydrogen) atoms. The third-order valence-electron chi connectivity index (χ3n) is 7.05. The van der Waals surface area contributed by atoms with Crippen LogP contribution in [0.2, 0.25) is 0 Å². The molecule has 13 heteroatoms. The highest BCUT2D eigenvalue weighted by Gasteiger charge is 2.58. The highest BCUT2D eigenvalue weighted by molar-refractivity contribution is 5.93. The highest BCUT2D eigenvalue weighted by Crippen LogP contribution is 2.51. The quantitative estimate of drug-likeness (QED) is 0.346. The first-order valence-electron chi connectivity index (χ1n) is 12.0. The van der Waals surface area contributed by atoms with Gasteiger partial charge in [-0.05, 0) is 44.4 Å². The lowest BCUT2D eigenvalue weighted by Gasteiger charge is -2.32. The molecule has 0 bridgehead atoms. The van der Waals surface area contributed by atoms with Crippen molar-refractivity contribution in [2.75, 3.05) is 0 Å². The fourth-order valence-electron chi connectivity index (χ4n) is 4.66. The largest absolute Gasteiger partial charge is 0.471 e. The maximum absolute atomic E-state index is 13.6. The summed E-state index contributed by atoms with van der Waals surface area (Å²) in [6, 6.07) is -3.67. The molecule has 5 atom stereocenters. The summed E-state index contributed by atoms with van der Waals surface area (Å²) < 4.78 is 65.5. The van der Waals surface area contributed by atoms with E-state index in [0.29, 0.717) is 12.8 Å². The molecule has 0 radical (unpaired) electrons. The van der Waals surface area contributed by atoms with Gasteiger partial charge in [-0.1, -0.05) is 20.8 Å². The Morgan fingerprint density at radius 1 is 1.00 bits per heavy atom. The van der Waals surface area contributed by atoms with Crippen LogP contribution in [-0.2, 0) is 19.2 Å². The highest BCUT2D eigenvalue weighted by atomic mass is 19.4. The zero-order valence-corrected chi connectivity index (χ0v) is 20.7. The molecular weight excluding hydrogens is 491 g/mol. The van der Waals surface area contributed by atoms with Crippen molar-refractivity contribution in [1.29, 1.82) is 0 Å². The van der Waals surface area contributed by atoms with E-state index in [0.717, 1.165) is 12.8 Å². The van der Waals surface area contributed by atoms with E-state index in [1.54, 1.807) is 12.2 Å². The minimum absolute atomic E-state index is 0.107. The molecule has 1 saturated heterocycles. The average molecular weight is 525 g/mol. The van der Waals surface area contributed by atoms with Crippen molar-refractivity contribution < 1.29 is 41.1 Å². The summed E-state index contributed by atoms with van der Waals surface area (Å²) in [6.07, 6.45) is -3.37. The first-order valence-corrected chi connectivity index (χ1v) is 12.0. The fraction of sp³-hybridized carbons (Fsp3) is 0.826. The van der Waals surface area contributed by atoms with Crippen LogP contribution >= 0.6 is 0 Å². The van der Waals surface area contributed by atoms with Gasteiger partial charge in [0.1, 0.15) is 12.1 Å². The Hall–Kier alpha value is -2.47. The van der Waals surface area contributed by atoms with Gasteiger partial charge in [0, 0.05) is 29.8 Å². The van der Waals surface area contributed by atoms with Crippen LogP contribution < -0.4 is 21.3 Å². The van der Waals surface area contributed by atoms with Crippen molar-refractivity contribution in [2.24, 2.45) is 17.3 Å². The third-order valence-corrected chi connectivity index (χ3v) is 7.05. The second-order valence-corrected chi connectivity index (χ2v) is 11.5. The standard InChI is InChI=1S/C23H33F5N4O4/c1-11(7-12-9-21(5-6-21)32-16(12)33)29-17(34)14(8-13-10-22(13,24)25)30-18(35)15(20(2,3)4)31-19(36)23(26,27)28/h11-15H,5-10H2,1-4H3,(H,29,34)(H,30,35)(H,31,36)(H,32,33). The predicted molar refractivity (Wildman–Crippen MR) is 117 cm³/mol. The van der Waals surface area contributed by atoms with E-state index in [9.17, 15) is 41.1 Å². The molecule has 3 rings (SSSR count). The topological polar surface area (TPSA) is 116 Å². The summed E-state index contributed by atoms with van der Waals surface area (Å²) in [5.41, 5.74) is -1.33. The van der Waals surface area contributed by atoms with Crippen molar-refractivity contribution in [3.8, 4) is 0 Å². The molecule has 4 N–H and O–H groups in total. The Labute approximate surface area is 205 Å². The molecule has 5 unspecified atom stereocenters. The Kier molecular flexibility index (Phi) is 7.37. The number of amides is 4. The van der Waals surface area contributed by atoms with Crippen molar-refractivity contribution >= 4 is 23.6 Å². The zero-order chi connectivity index (χ0) is 27.3. The molecule has 3 fully saturated rings. The van der Waals surface area contributed by atoms with Gasteiger partial charge in [-0.25, -0.2) is 8.78 Å². The van der Waals surface area contributed by atoms with Gasteiger partial charge >= 0.3 is 12.1 Å². The van der Waals surface area contributed by atoms with Crippen LogP contribution in [0, 0.1) is 17.3 Å². The molecule has 8 nitrogen and oxygen atoms in total. The van der Waals surface area contributed by atoms with Gasteiger partial charge in [0.25, 0.3) is 5.92 Å². The molecule has 0 aromatic heterocycles. The van der Waals surface area contributed by atoms with Gasteiger partial charge in [-0.15, -0.1) is 0 Å². The van der Waals surface area contributed by atoms with E-state index in [2.05, 4.69) is 16.0 Å². The van der Waals surface area contributed by atoms with Crippen LogP contribution in [0.15, 0.2) is 0 Å². The summed E-state index contributed by atoms with van der Waals surface area (Å²) >= 11 is 0. The molecule has 2 aliphatic carbocycles. The Morgan fingerprint density at radius 2 is 1.58 bits per heavy atom. The molecule has 204 valence electrons. The first kappa shape index (κ1) is 28.1. The van der Waals surface area contributed by atoms with Crippen LogP contribution in [-0.4, -0.2) is 59.4 Å². The summed E-state index contributed by atoms with van der Waals surface area (Å²) in [5.74, 6) is -8.80. The van der Waals surface area contributed by atoms with E-state index in [-0.39, 0.29) is 17.4 Å². The maximum Gasteiger partial charge on any atom is 0.471 e. The molecule has 0 aromatic carbocycles. The van der Waals surface area contributed by atoms with Crippen LogP contribution in [0.1, 0.15) is 66.2 Å². The van der Waals surface area contributed by atoms with Gasteiger partial charge < -0.3 is 21.3 Å². The molecule has 3 aliphatic rings. The van der Waals surface area contributed by atoms with Crippen molar-refractivity contribution in [2.45, 2.75) is 102 Å². The Balaban J connectivity index is 1.67. The van der Waals surface area contributed by atoms with Gasteiger partial charge in [0.2, 0.25) is 17.7 Å². The SMILES string of the molecule is CC(CC1CC2(CC2)NC1=O)NC(=O)C(CC1CC1(F)F)NC(=O)C(NC(=O)C(F)(F)F)C(C)(C)C. The van der Waals surface area contributed by atoms with Crippen molar-refractivity contribution in [3.05, 3.63) is 0 Å². The molecule has 2 saturated carbocycles. The second-order valence-electron chi connectivity index (χ2n) is 11.5. The number of halogens is 5. The number of alkyl halides is 5. The number of hydrogen-bond donors (Lipinski definition) is 4. The van der Waals surface area contributed by atoms with Gasteiger partial charge in [0.15, 0.2) is 0 Å². The van der Waals surface area contributed by atoms with Crippen LogP contribution in [0.25, 0.3) is 0 Å². The van der Waals surface area contributed by atoms with Gasteiger partial charge in [-0.2, -0.15) is 13.2 Å². The Bertz CT molecular complexity index is 913. The first-order chi connectivity index (χ1) is 16.3. The smallest absolute Gasteiger partial charge is 0.352 e. The maximum atomic E-state index is 13.6. The lowest BCUT2D eigenvalue weighted by molar-refractivity contribution is -0.175. The van der Waals surface area contributed by atoms with Crippen molar-refractivity contribution in [1.82, 2.24) is 21.3 Å². The van der Waals surface area contributed by atoms with Crippen LogP contribution in [0.4, 0.5) is 22.0 Å². The van der Waals surface area contributed by atoms with Gasteiger partial charge in [-0.3, -0.25) is 19.2 Å². The summed E-state index contributed by atoms with van der Waals surface area (Å²) in [5, 5.41) is 9.50. The Morgan fingerprint density at radius 3 is 2.03 bits per heavy atom. The monoisotopic (exact) mass is 524 g/mol. The summed E-state index contributed by atoms with van der Waals surface area (Å²) in [6.45, 7) is 5.90. The minimum atomic E-state index is -5.24. The lowest BCUT2D eigenvalue weighted by atomic mass is 9.85. The minimum Gasteiger partial charge on any atom is -0.352 e. The molecule has 1 spiro atoms. The van der Waals surface area contributed by atoms with E-state index < -0.39 is 72.1 Å². The van der Waals surface area contributed by atoms with Crippen molar-refractivity contribution in [3.63, 3.8) is 0 Å². The number of nitrogens with one attached hydrogen (secondary N) is 4. The number of hydrogen-bond acceptors (Lipinski definition) is 4. The summed E-state index contributed by atoms with van der Waals surface area (Å²) in [4.78, 5) is 49.6. The van der Waals surface area contributed by atoms with E-state index in [1.807, 2.05) is 0 Å². The summed E-state index contributed by atoms with van der Waals surface area (Å²) in [7, 11) is 0. The number of carbonyl (C=O) groups excluding carboxylic acids is 4. The van der Waals surface area contributed by atoms with E-state index >= 15 is 0 Å². The molecule has 0 aromatic rings. The lowest BCUT2D eigenvalue weighted by Crippen LogP contribution is -2.59. The molecular formula is C23H33F5N4O4. The van der Waals surface area contributed by atoms with Crippen LogP contribution in [0.3, 0.4) is 0 Å². The zero-order valence-electron chi connectivity index (χ0n) is 20.7. The van der Waals surface area contributed by atoms with Gasteiger partial charge in [0.05, 0.1) is 0 Å². The van der Waals surface area contributed by atoms with E-state index in [4.69, 9.17) is 0 Å². The van der Waals surface area contributed by atoms with E-state index in [1.165, 1.54) is 20.8 Å². The number of carbonyl (C=O) groups is 4. The third kappa shape index (κ3) is 6.84. The average Bonchev–Trinajstić information content (AvgIpc) is 3.56. The predicted octanol–water partition coefficient (Wildman–Crippen LogP) is 2.17. The van der Waals surface area contributed by atoms with Crippen LogP contribution in [0.5, 0.6) is 0 Å². The molecule has 4 amide bonds. The normalized spacial score (nSPS) is 26.4.